The Morgan fingerprint density at radius 3 is 2.94 bits per heavy atom. The lowest BCUT2D eigenvalue weighted by atomic mass is 10.1. The Labute approximate surface area is 98.5 Å². The van der Waals surface area contributed by atoms with Gasteiger partial charge in [-0.1, -0.05) is 5.16 Å². The van der Waals surface area contributed by atoms with Crippen LogP contribution in [0.15, 0.2) is 5.16 Å². The zero-order chi connectivity index (χ0) is 12.7. The van der Waals surface area contributed by atoms with E-state index in [0.29, 0.717) is 32.6 Å². The number of amides is 1. The molecule has 0 radical (unpaired) electrons. The van der Waals surface area contributed by atoms with E-state index in [1.54, 1.807) is 0 Å². The van der Waals surface area contributed by atoms with Crippen LogP contribution in [0.3, 0.4) is 0 Å². The van der Waals surface area contributed by atoms with Crippen LogP contribution in [0, 0.1) is 0 Å². The molecule has 1 fully saturated rings. The van der Waals surface area contributed by atoms with Gasteiger partial charge in [0.1, 0.15) is 6.21 Å². The average molecular weight is 249 g/mol. The fraction of sp³-hybridized carbons (Fsp3) is 0.800. The number of carbonyl (C=O) groups is 1. The first kappa shape index (κ1) is 13.8. The average Bonchev–Trinajstić information content (AvgIpc) is 2.41. The molecule has 17 heavy (non-hydrogen) atoms. The number of likely N-dealkylation sites (tertiary alicyclic amines) is 1. The smallest absolute Gasteiger partial charge is 0.265 e. The molecular formula is C10H17F2N3O2. The van der Waals surface area contributed by atoms with E-state index in [1.807, 2.05) is 4.90 Å². The summed E-state index contributed by atoms with van der Waals surface area (Å²) in [5.74, 6) is -3.05. The molecule has 1 aliphatic rings. The molecule has 0 aromatic heterocycles. The van der Waals surface area contributed by atoms with Crippen molar-refractivity contribution in [2.75, 3.05) is 26.2 Å². The molecule has 1 rings (SSSR count). The molecule has 1 aliphatic heterocycles. The van der Waals surface area contributed by atoms with E-state index in [9.17, 15) is 13.6 Å². The van der Waals surface area contributed by atoms with Gasteiger partial charge < -0.3 is 15.4 Å². The maximum absolute atomic E-state index is 13.0. The van der Waals surface area contributed by atoms with Crippen molar-refractivity contribution in [1.82, 2.24) is 10.2 Å². The van der Waals surface area contributed by atoms with Crippen molar-refractivity contribution in [3.8, 4) is 0 Å². The minimum Gasteiger partial charge on any atom is -0.411 e. The predicted octanol–water partition coefficient (Wildman–Crippen LogP) is 0.684. The molecule has 7 heteroatoms. The van der Waals surface area contributed by atoms with Gasteiger partial charge in [0.2, 0.25) is 5.92 Å². The summed E-state index contributed by atoms with van der Waals surface area (Å²) in [5.41, 5.74) is 0. The standard InChI is InChI=1S/C10H17F2N3O2/c11-10(12)2-1-5-15(6-3-10)7-4-13-9(16)8-14-17/h8,17H,1-7H2,(H,13,16)/b14-8+. The number of hydrogen-bond acceptors (Lipinski definition) is 4. The van der Waals surface area contributed by atoms with E-state index < -0.39 is 11.8 Å². The zero-order valence-corrected chi connectivity index (χ0v) is 9.53. The van der Waals surface area contributed by atoms with Crippen molar-refractivity contribution in [2.24, 2.45) is 5.16 Å². The van der Waals surface area contributed by atoms with Crippen molar-refractivity contribution < 1.29 is 18.8 Å². The summed E-state index contributed by atoms with van der Waals surface area (Å²) in [4.78, 5) is 12.8. The Hall–Kier alpha value is -1.24. The Morgan fingerprint density at radius 2 is 2.24 bits per heavy atom. The molecule has 1 saturated heterocycles. The minimum atomic E-state index is -2.55. The third-order valence-corrected chi connectivity index (χ3v) is 2.71. The highest BCUT2D eigenvalue weighted by molar-refractivity contribution is 6.25. The largest absolute Gasteiger partial charge is 0.411 e. The number of rotatable bonds is 4. The fourth-order valence-electron chi connectivity index (χ4n) is 1.78. The Balaban J connectivity index is 2.21. The molecule has 5 nitrogen and oxygen atoms in total. The van der Waals surface area contributed by atoms with Crippen molar-refractivity contribution in [3.05, 3.63) is 0 Å². The topological polar surface area (TPSA) is 64.9 Å². The Morgan fingerprint density at radius 1 is 1.47 bits per heavy atom. The molecule has 0 aromatic rings. The zero-order valence-electron chi connectivity index (χ0n) is 9.53. The lowest BCUT2D eigenvalue weighted by Crippen LogP contribution is -2.36. The Bertz CT molecular complexity index is 285. The van der Waals surface area contributed by atoms with E-state index in [1.165, 1.54) is 0 Å². The summed E-state index contributed by atoms with van der Waals surface area (Å²) < 4.78 is 26.1. The molecule has 0 spiro atoms. The molecule has 1 amide bonds. The summed E-state index contributed by atoms with van der Waals surface area (Å²) in [6, 6.07) is 0. The molecular weight excluding hydrogens is 232 g/mol. The summed E-state index contributed by atoms with van der Waals surface area (Å²) in [5, 5.41) is 13.2. The number of hydrogen-bond donors (Lipinski definition) is 2. The molecule has 0 aliphatic carbocycles. The highest BCUT2D eigenvalue weighted by Crippen LogP contribution is 2.27. The highest BCUT2D eigenvalue weighted by Gasteiger charge is 2.31. The van der Waals surface area contributed by atoms with Gasteiger partial charge in [-0.2, -0.15) is 0 Å². The van der Waals surface area contributed by atoms with Gasteiger partial charge >= 0.3 is 0 Å². The maximum Gasteiger partial charge on any atom is 0.265 e. The van der Waals surface area contributed by atoms with Gasteiger partial charge in [-0.05, 0) is 13.0 Å². The van der Waals surface area contributed by atoms with Gasteiger partial charge in [0.05, 0.1) is 0 Å². The number of carbonyl (C=O) groups excluding carboxylic acids is 1. The third-order valence-electron chi connectivity index (χ3n) is 2.71. The van der Waals surface area contributed by atoms with Gasteiger partial charge in [-0.25, -0.2) is 8.78 Å². The maximum atomic E-state index is 13.0. The van der Waals surface area contributed by atoms with E-state index in [4.69, 9.17) is 5.21 Å². The lowest BCUT2D eigenvalue weighted by Gasteiger charge is -2.19. The molecule has 0 atom stereocenters. The summed E-state index contributed by atoms with van der Waals surface area (Å²) in [7, 11) is 0. The predicted molar refractivity (Wildman–Crippen MR) is 58.5 cm³/mol. The number of halogens is 2. The van der Waals surface area contributed by atoms with Crippen LogP contribution >= 0.6 is 0 Å². The highest BCUT2D eigenvalue weighted by atomic mass is 19.3. The molecule has 2 N–H and O–H groups in total. The normalized spacial score (nSPS) is 21.3. The second-order valence-electron chi connectivity index (χ2n) is 4.09. The first-order chi connectivity index (χ1) is 8.03. The third kappa shape index (κ3) is 5.58. The van der Waals surface area contributed by atoms with Crippen LogP contribution in [0.4, 0.5) is 8.78 Å². The van der Waals surface area contributed by atoms with Gasteiger partial charge in [0.25, 0.3) is 5.91 Å². The lowest BCUT2D eigenvalue weighted by molar-refractivity contribution is -0.114. The monoisotopic (exact) mass is 249 g/mol. The number of oxime groups is 1. The minimum absolute atomic E-state index is 0.0625. The Kier molecular flexibility index (Phi) is 5.27. The van der Waals surface area contributed by atoms with Gasteiger partial charge in [-0.15, -0.1) is 0 Å². The molecule has 98 valence electrons. The van der Waals surface area contributed by atoms with Gasteiger partial charge in [-0.3, -0.25) is 4.79 Å². The molecule has 0 bridgehead atoms. The molecule has 1 heterocycles. The van der Waals surface area contributed by atoms with Crippen LogP contribution in [0.1, 0.15) is 19.3 Å². The van der Waals surface area contributed by atoms with E-state index in [2.05, 4.69) is 10.5 Å². The summed E-state index contributed by atoms with van der Waals surface area (Å²) in [6.07, 6.45) is 1.04. The second-order valence-corrected chi connectivity index (χ2v) is 4.09. The van der Waals surface area contributed by atoms with Crippen LogP contribution in [0.2, 0.25) is 0 Å². The fourth-order valence-corrected chi connectivity index (χ4v) is 1.78. The van der Waals surface area contributed by atoms with Gasteiger partial charge in [0.15, 0.2) is 0 Å². The quantitative estimate of drug-likeness (QED) is 0.437. The van der Waals surface area contributed by atoms with Crippen LogP contribution < -0.4 is 5.32 Å². The van der Waals surface area contributed by atoms with Crippen molar-refractivity contribution in [3.63, 3.8) is 0 Å². The summed E-state index contributed by atoms with van der Waals surface area (Å²) in [6.45, 7) is 1.86. The molecule has 0 saturated carbocycles. The first-order valence-corrected chi connectivity index (χ1v) is 5.59. The number of nitrogens with one attached hydrogen (secondary N) is 1. The van der Waals surface area contributed by atoms with Crippen molar-refractivity contribution in [2.45, 2.75) is 25.2 Å². The second kappa shape index (κ2) is 6.48. The van der Waals surface area contributed by atoms with Gasteiger partial charge in [0, 0.05) is 32.5 Å². The van der Waals surface area contributed by atoms with Crippen LogP contribution in [-0.4, -0.2) is 54.3 Å². The molecule has 0 aromatic carbocycles. The molecule has 0 unspecified atom stereocenters. The van der Waals surface area contributed by atoms with E-state index in [0.717, 1.165) is 6.21 Å². The van der Waals surface area contributed by atoms with Crippen LogP contribution in [0.5, 0.6) is 0 Å². The SMILES string of the molecule is O=C(/C=N/O)NCCN1CCCC(F)(F)CC1. The number of alkyl halides is 2. The van der Waals surface area contributed by atoms with E-state index >= 15 is 0 Å². The van der Waals surface area contributed by atoms with Crippen LogP contribution in [0.25, 0.3) is 0 Å². The summed E-state index contributed by atoms with van der Waals surface area (Å²) >= 11 is 0. The number of nitrogens with zero attached hydrogens (tertiary/aromatic N) is 2. The van der Waals surface area contributed by atoms with E-state index in [-0.39, 0.29) is 12.8 Å². The van der Waals surface area contributed by atoms with Crippen LogP contribution in [-0.2, 0) is 4.79 Å². The first-order valence-electron chi connectivity index (χ1n) is 5.59. The van der Waals surface area contributed by atoms with Crippen molar-refractivity contribution in [1.29, 1.82) is 0 Å². The van der Waals surface area contributed by atoms with Crippen molar-refractivity contribution >= 4 is 12.1 Å².